The van der Waals surface area contributed by atoms with Gasteiger partial charge in [0.05, 0.1) is 26.7 Å². The van der Waals surface area contributed by atoms with Crippen LogP contribution in [0.1, 0.15) is 169 Å². The van der Waals surface area contributed by atoms with Gasteiger partial charge in [0.25, 0.3) is 0 Å². The van der Waals surface area contributed by atoms with E-state index in [0.29, 0.717) is 0 Å². The third-order valence-electron chi connectivity index (χ3n) is 7.38. The van der Waals surface area contributed by atoms with E-state index in [1.165, 1.54) is 159 Å². The molecule has 0 radical (unpaired) electrons. The Morgan fingerprint density at radius 2 is 0.714 bits per heavy atom. The summed E-state index contributed by atoms with van der Waals surface area (Å²) in [6.45, 7) is 14.4. The van der Waals surface area contributed by atoms with Crippen LogP contribution in [-0.4, -0.2) is 37.1 Å². The van der Waals surface area contributed by atoms with Crippen LogP contribution in [0.2, 0.25) is 0 Å². The molecule has 0 amide bonds. The van der Waals surface area contributed by atoms with Crippen molar-refractivity contribution in [2.45, 2.75) is 169 Å². The van der Waals surface area contributed by atoms with E-state index in [1.807, 2.05) is 0 Å². The van der Waals surface area contributed by atoms with Gasteiger partial charge in [0.1, 0.15) is 0 Å². The number of hydrogen-bond acceptors (Lipinski definition) is 2. The first kappa shape index (κ1) is 36.6. The molecule has 0 aliphatic carbocycles. The summed E-state index contributed by atoms with van der Waals surface area (Å²) >= 11 is 0. The van der Waals surface area contributed by atoms with Gasteiger partial charge >= 0.3 is 0 Å². The molecule has 0 atom stereocenters. The molecule has 0 aromatic rings. The molecule has 0 heterocycles. The number of carbonyl (C=O) groups is 1. The van der Waals surface area contributed by atoms with Gasteiger partial charge in [-0.3, -0.25) is 0 Å². The van der Waals surface area contributed by atoms with Gasteiger partial charge in [-0.25, -0.2) is 0 Å². The second-order valence-electron chi connectivity index (χ2n) is 11.6. The summed E-state index contributed by atoms with van der Waals surface area (Å²) in [7, 11) is 2.57. The minimum atomic E-state index is -0.991. The molecule has 0 saturated heterocycles. The van der Waals surface area contributed by atoms with Crippen molar-refractivity contribution in [1.82, 2.24) is 0 Å². The number of carboxylic acids is 1. The quantitative estimate of drug-likeness (QED) is 0.0931. The molecule has 0 aliphatic rings. The zero-order valence-electron chi connectivity index (χ0n) is 25.3. The highest BCUT2D eigenvalue weighted by Gasteiger charge is 2.20. The third-order valence-corrected chi connectivity index (χ3v) is 7.38. The molecule has 0 fully saturated rings. The monoisotopic (exact) mass is 498 g/mol. The molecule has 3 nitrogen and oxygen atoms in total. The maximum Gasteiger partial charge on any atom is 0.0784 e. The van der Waals surface area contributed by atoms with E-state index in [4.69, 9.17) is 0 Å². The number of nitrogens with zero attached hydrogens (tertiary/aromatic N) is 1. The van der Waals surface area contributed by atoms with Crippen LogP contribution in [0.3, 0.4) is 0 Å². The SMILES string of the molecule is CC(C)C(=O)[O-].CCCCCCCCC[N+](C)(CCCCCCCCC)CCCCCCCCC. The average molecular weight is 498 g/mol. The van der Waals surface area contributed by atoms with Gasteiger partial charge in [-0.05, 0) is 44.4 Å². The van der Waals surface area contributed by atoms with Crippen molar-refractivity contribution in [2.75, 3.05) is 26.7 Å². The van der Waals surface area contributed by atoms with Crippen LogP contribution in [0.5, 0.6) is 0 Å². The van der Waals surface area contributed by atoms with E-state index >= 15 is 0 Å². The number of aliphatic carboxylic acids is 1. The second kappa shape index (κ2) is 28.0. The summed E-state index contributed by atoms with van der Waals surface area (Å²) in [5.41, 5.74) is 0. The molecule has 0 N–H and O–H groups in total. The fourth-order valence-corrected chi connectivity index (χ4v) is 4.69. The van der Waals surface area contributed by atoms with Gasteiger partial charge < -0.3 is 14.4 Å². The zero-order valence-corrected chi connectivity index (χ0v) is 25.3. The fourth-order valence-electron chi connectivity index (χ4n) is 4.69. The van der Waals surface area contributed by atoms with Crippen LogP contribution in [0.4, 0.5) is 0 Å². The van der Waals surface area contributed by atoms with Crippen LogP contribution in [-0.2, 0) is 4.79 Å². The Hall–Kier alpha value is -0.570. The van der Waals surface area contributed by atoms with Crippen LogP contribution < -0.4 is 5.11 Å². The molecule has 0 spiro atoms. The van der Waals surface area contributed by atoms with Crippen molar-refractivity contribution in [1.29, 1.82) is 0 Å². The number of carboxylic acid groups (broad SMARTS) is 1. The molecule has 0 bridgehead atoms. The highest BCUT2D eigenvalue weighted by molar-refractivity contribution is 5.66. The topological polar surface area (TPSA) is 40.1 Å². The van der Waals surface area contributed by atoms with Crippen molar-refractivity contribution in [2.24, 2.45) is 5.92 Å². The number of hydrogen-bond donors (Lipinski definition) is 0. The van der Waals surface area contributed by atoms with E-state index in [9.17, 15) is 9.90 Å². The standard InChI is InChI=1S/C28H60N.C4H8O2/c1-5-8-11-14-17-20-23-26-29(4,27-24-21-18-15-12-9-6-2)28-25-22-19-16-13-10-7-3;1-3(2)4(5)6/h5-28H2,1-4H3;3H,1-2H3,(H,5,6)/q+1;/p-1. The first-order valence-corrected chi connectivity index (χ1v) is 15.9. The number of carbonyl (C=O) groups excluding carboxylic acids is 1. The Labute approximate surface area is 222 Å². The smallest absolute Gasteiger partial charge is 0.0784 e. The molecule has 0 rings (SSSR count). The lowest BCUT2D eigenvalue weighted by atomic mass is 10.1. The van der Waals surface area contributed by atoms with Crippen LogP contribution >= 0.6 is 0 Å². The van der Waals surface area contributed by atoms with Crippen molar-refractivity contribution >= 4 is 5.97 Å². The summed E-state index contributed by atoms with van der Waals surface area (Å²) in [5, 5.41) is 9.59. The number of quaternary nitrogens is 1. The van der Waals surface area contributed by atoms with Crippen LogP contribution in [0.15, 0.2) is 0 Å². The van der Waals surface area contributed by atoms with Crippen LogP contribution in [0.25, 0.3) is 0 Å². The summed E-state index contributed by atoms with van der Waals surface area (Å²) in [6, 6.07) is 0. The Bertz CT molecular complexity index is 376. The first-order chi connectivity index (χ1) is 16.8. The highest BCUT2D eigenvalue weighted by Crippen LogP contribution is 2.16. The first-order valence-electron chi connectivity index (χ1n) is 15.9. The second-order valence-corrected chi connectivity index (χ2v) is 11.6. The Morgan fingerprint density at radius 1 is 0.514 bits per heavy atom. The van der Waals surface area contributed by atoms with E-state index in [1.54, 1.807) is 13.8 Å². The van der Waals surface area contributed by atoms with E-state index in [0.717, 1.165) is 0 Å². The van der Waals surface area contributed by atoms with Gasteiger partial charge in [0.2, 0.25) is 0 Å². The molecule has 0 aromatic heterocycles. The maximum absolute atomic E-state index is 9.59. The lowest BCUT2D eigenvalue weighted by Crippen LogP contribution is -2.46. The van der Waals surface area contributed by atoms with Gasteiger partial charge in [0, 0.05) is 5.97 Å². The molecule has 0 saturated carbocycles. The van der Waals surface area contributed by atoms with Gasteiger partial charge in [-0.1, -0.05) is 131 Å². The van der Waals surface area contributed by atoms with Crippen molar-refractivity contribution in [3.63, 3.8) is 0 Å². The molecule has 3 heteroatoms. The van der Waals surface area contributed by atoms with E-state index in [2.05, 4.69) is 27.8 Å². The van der Waals surface area contributed by atoms with Crippen molar-refractivity contribution in [3.8, 4) is 0 Å². The molecular weight excluding hydrogens is 430 g/mol. The molecule has 212 valence electrons. The van der Waals surface area contributed by atoms with Gasteiger partial charge in [0.15, 0.2) is 0 Å². The molecule has 35 heavy (non-hydrogen) atoms. The summed E-state index contributed by atoms with van der Waals surface area (Å²) < 4.78 is 1.36. The lowest BCUT2D eigenvalue weighted by Gasteiger charge is -2.35. The molecular formula is C32H67NO2. The molecule has 0 unspecified atom stereocenters. The summed E-state index contributed by atoms with van der Waals surface area (Å²) in [6.07, 6.45) is 30.3. The van der Waals surface area contributed by atoms with Gasteiger partial charge in [-0.15, -0.1) is 0 Å². The van der Waals surface area contributed by atoms with E-state index < -0.39 is 5.97 Å². The summed E-state index contributed by atoms with van der Waals surface area (Å²) in [4.78, 5) is 9.59. The Morgan fingerprint density at radius 3 is 0.914 bits per heavy atom. The highest BCUT2D eigenvalue weighted by atomic mass is 16.4. The predicted octanol–water partition coefficient (Wildman–Crippen LogP) is 9.08. The zero-order chi connectivity index (χ0) is 26.6. The van der Waals surface area contributed by atoms with Crippen LogP contribution in [0, 0.1) is 5.92 Å². The minimum Gasteiger partial charge on any atom is -0.550 e. The normalized spacial score (nSPS) is 11.5. The molecule has 0 aliphatic heterocycles. The average Bonchev–Trinajstić information content (AvgIpc) is 2.83. The summed E-state index contributed by atoms with van der Waals surface area (Å²) in [5.74, 6) is -1.33. The van der Waals surface area contributed by atoms with Crippen molar-refractivity contribution in [3.05, 3.63) is 0 Å². The predicted molar refractivity (Wildman–Crippen MR) is 155 cm³/mol. The minimum absolute atomic E-state index is 0.343. The van der Waals surface area contributed by atoms with Gasteiger partial charge in [-0.2, -0.15) is 0 Å². The third kappa shape index (κ3) is 29.5. The molecule has 0 aromatic carbocycles. The number of rotatable bonds is 25. The lowest BCUT2D eigenvalue weighted by molar-refractivity contribution is -0.910. The van der Waals surface area contributed by atoms with Crippen molar-refractivity contribution < 1.29 is 14.4 Å². The maximum atomic E-state index is 9.59. The Kier molecular flexibility index (Phi) is 29.3. The van der Waals surface area contributed by atoms with E-state index in [-0.39, 0.29) is 5.92 Å². The Balaban J connectivity index is 0. The fraction of sp³-hybridized carbons (Fsp3) is 0.969. The largest absolute Gasteiger partial charge is 0.550 e. The number of unbranched alkanes of at least 4 members (excludes halogenated alkanes) is 18.